The minimum absolute atomic E-state index is 0.0152. The SMILES string of the molecule is CC(C)c1ccc(OCC(=O)N(Cc2ccccc2F)[C@@H]2CCS(=O)(=O)C2)cc1. The first-order valence-corrected chi connectivity index (χ1v) is 11.5. The molecule has 2 aromatic carbocycles. The second-order valence-electron chi connectivity index (χ2n) is 7.68. The van der Waals surface area contributed by atoms with Crippen LogP contribution in [0.5, 0.6) is 5.75 Å². The Hall–Kier alpha value is -2.41. The average Bonchev–Trinajstić information content (AvgIpc) is 3.05. The van der Waals surface area contributed by atoms with Crippen molar-refractivity contribution in [2.45, 2.75) is 38.8 Å². The topological polar surface area (TPSA) is 63.7 Å². The van der Waals surface area contributed by atoms with Crippen molar-refractivity contribution in [1.29, 1.82) is 0 Å². The van der Waals surface area contributed by atoms with Gasteiger partial charge in [0.1, 0.15) is 11.6 Å². The van der Waals surface area contributed by atoms with E-state index in [1.54, 1.807) is 18.2 Å². The molecule has 29 heavy (non-hydrogen) atoms. The third-order valence-corrected chi connectivity index (χ3v) is 6.93. The summed E-state index contributed by atoms with van der Waals surface area (Å²) >= 11 is 0. The van der Waals surface area contributed by atoms with Gasteiger partial charge >= 0.3 is 0 Å². The summed E-state index contributed by atoms with van der Waals surface area (Å²) < 4.78 is 43.6. The molecule has 1 aliphatic rings. The highest BCUT2D eigenvalue weighted by Gasteiger charge is 2.35. The number of hydrogen-bond donors (Lipinski definition) is 0. The molecule has 7 heteroatoms. The maximum atomic E-state index is 14.1. The molecule has 1 atom stereocenters. The zero-order valence-electron chi connectivity index (χ0n) is 16.7. The van der Waals surface area contributed by atoms with E-state index in [2.05, 4.69) is 13.8 Å². The highest BCUT2D eigenvalue weighted by molar-refractivity contribution is 7.91. The lowest BCUT2D eigenvalue weighted by atomic mass is 10.0. The largest absolute Gasteiger partial charge is 0.484 e. The van der Waals surface area contributed by atoms with Crippen molar-refractivity contribution in [3.8, 4) is 5.75 Å². The van der Waals surface area contributed by atoms with Crippen molar-refractivity contribution in [2.24, 2.45) is 0 Å². The van der Waals surface area contributed by atoms with Crippen LogP contribution in [-0.2, 0) is 21.2 Å². The number of sulfone groups is 1. The molecule has 0 radical (unpaired) electrons. The van der Waals surface area contributed by atoms with E-state index in [9.17, 15) is 17.6 Å². The zero-order valence-corrected chi connectivity index (χ0v) is 17.5. The fourth-order valence-corrected chi connectivity index (χ4v) is 5.16. The first kappa shape index (κ1) is 21.3. The summed E-state index contributed by atoms with van der Waals surface area (Å²) in [6.45, 7) is 3.97. The molecule has 5 nitrogen and oxygen atoms in total. The predicted molar refractivity (Wildman–Crippen MR) is 110 cm³/mol. The second kappa shape index (κ2) is 8.95. The summed E-state index contributed by atoms with van der Waals surface area (Å²) in [5.41, 5.74) is 1.52. The van der Waals surface area contributed by atoms with Crippen molar-refractivity contribution < 1.29 is 22.3 Å². The van der Waals surface area contributed by atoms with E-state index < -0.39 is 21.7 Å². The van der Waals surface area contributed by atoms with Gasteiger partial charge < -0.3 is 9.64 Å². The number of amides is 1. The molecule has 1 heterocycles. The number of carbonyl (C=O) groups excluding carboxylic acids is 1. The smallest absolute Gasteiger partial charge is 0.261 e. The van der Waals surface area contributed by atoms with Crippen molar-refractivity contribution >= 4 is 15.7 Å². The number of carbonyl (C=O) groups is 1. The number of halogens is 1. The molecule has 1 saturated heterocycles. The normalized spacial score (nSPS) is 18.0. The first-order valence-electron chi connectivity index (χ1n) is 9.71. The summed E-state index contributed by atoms with van der Waals surface area (Å²) in [5, 5.41) is 0. The Labute approximate surface area is 171 Å². The molecule has 1 aliphatic heterocycles. The Morgan fingerprint density at radius 1 is 1.17 bits per heavy atom. The van der Waals surface area contributed by atoms with Crippen LogP contribution in [0, 0.1) is 5.82 Å². The second-order valence-corrected chi connectivity index (χ2v) is 9.91. The van der Waals surface area contributed by atoms with Gasteiger partial charge in [-0.15, -0.1) is 0 Å². The van der Waals surface area contributed by atoms with Crippen LogP contribution in [0.3, 0.4) is 0 Å². The fourth-order valence-electron chi connectivity index (χ4n) is 3.43. The Balaban J connectivity index is 1.72. The van der Waals surface area contributed by atoms with Gasteiger partial charge in [0.05, 0.1) is 11.5 Å². The molecule has 1 fully saturated rings. The van der Waals surface area contributed by atoms with E-state index in [-0.39, 0.29) is 30.6 Å². The lowest BCUT2D eigenvalue weighted by molar-refractivity contribution is -0.136. The Kier molecular flexibility index (Phi) is 6.57. The van der Waals surface area contributed by atoms with E-state index in [0.717, 1.165) is 0 Å². The summed E-state index contributed by atoms with van der Waals surface area (Å²) in [5.74, 6) is 0.116. The van der Waals surface area contributed by atoms with Gasteiger partial charge in [-0.3, -0.25) is 4.79 Å². The van der Waals surface area contributed by atoms with Crippen LogP contribution >= 0.6 is 0 Å². The summed E-state index contributed by atoms with van der Waals surface area (Å²) in [4.78, 5) is 14.3. The van der Waals surface area contributed by atoms with Crippen LogP contribution in [-0.4, -0.2) is 43.4 Å². The van der Waals surface area contributed by atoms with Gasteiger partial charge in [0, 0.05) is 18.2 Å². The molecule has 0 unspecified atom stereocenters. The summed E-state index contributed by atoms with van der Waals surface area (Å²) in [6.07, 6.45) is 0.353. The van der Waals surface area contributed by atoms with Gasteiger partial charge in [-0.05, 0) is 36.1 Å². The Morgan fingerprint density at radius 3 is 2.45 bits per heavy atom. The standard InChI is InChI=1S/C22H26FNO4S/c1-16(2)17-7-9-20(10-8-17)28-14-22(25)24(19-11-12-29(26,27)15-19)13-18-5-3-4-6-21(18)23/h3-10,16,19H,11-15H2,1-2H3/t19-/m1/s1. The third-order valence-electron chi connectivity index (χ3n) is 5.18. The van der Waals surface area contributed by atoms with Crippen molar-refractivity contribution in [1.82, 2.24) is 4.90 Å². The maximum Gasteiger partial charge on any atom is 0.261 e. The molecule has 3 rings (SSSR count). The number of hydrogen-bond acceptors (Lipinski definition) is 4. The van der Waals surface area contributed by atoms with Crippen molar-refractivity contribution in [3.05, 3.63) is 65.5 Å². The van der Waals surface area contributed by atoms with E-state index in [1.165, 1.54) is 16.5 Å². The zero-order chi connectivity index (χ0) is 21.0. The molecule has 0 N–H and O–H groups in total. The molecule has 156 valence electrons. The van der Waals surface area contributed by atoms with Crippen LogP contribution in [0.2, 0.25) is 0 Å². The third kappa shape index (κ3) is 5.56. The summed E-state index contributed by atoms with van der Waals surface area (Å²) in [7, 11) is -3.18. The Bertz CT molecular complexity index is 957. The molecule has 0 aliphatic carbocycles. The average molecular weight is 420 g/mol. The van der Waals surface area contributed by atoms with Crippen LogP contribution in [0.25, 0.3) is 0 Å². The highest BCUT2D eigenvalue weighted by Crippen LogP contribution is 2.22. The summed E-state index contributed by atoms with van der Waals surface area (Å²) in [6, 6.07) is 13.2. The molecule has 0 bridgehead atoms. The van der Waals surface area contributed by atoms with Crippen LogP contribution < -0.4 is 4.74 Å². The van der Waals surface area contributed by atoms with Gasteiger partial charge in [0.25, 0.3) is 5.91 Å². The van der Waals surface area contributed by atoms with E-state index in [4.69, 9.17) is 4.74 Å². The quantitative estimate of drug-likeness (QED) is 0.689. The van der Waals surface area contributed by atoms with Crippen molar-refractivity contribution in [2.75, 3.05) is 18.1 Å². The fraction of sp³-hybridized carbons (Fsp3) is 0.409. The van der Waals surface area contributed by atoms with Crippen LogP contribution in [0.4, 0.5) is 4.39 Å². The van der Waals surface area contributed by atoms with Gasteiger partial charge in [0.2, 0.25) is 0 Å². The molecular formula is C22H26FNO4S. The molecule has 1 amide bonds. The van der Waals surface area contributed by atoms with E-state index in [0.29, 0.717) is 23.7 Å². The van der Waals surface area contributed by atoms with Crippen LogP contribution in [0.1, 0.15) is 37.3 Å². The van der Waals surface area contributed by atoms with Gasteiger partial charge in [-0.2, -0.15) is 0 Å². The minimum atomic E-state index is -3.18. The monoisotopic (exact) mass is 419 g/mol. The predicted octanol–water partition coefficient (Wildman–Crippen LogP) is 3.54. The van der Waals surface area contributed by atoms with E-state index >= 15 is 0 Å². The number of rotatable bonds is 7. The number of benzene rings is 2. The molecule has 2 aromatic rings. The molecular weight excluding hydrogens is 393 g/mol. The van der Waals surface area contributed by atoms with E-state index in [1.807, 2.05) is 24.3 Å². The number of nitrogens with zero attached hydrogens (tertiary/aromatic N) is 1. The van der Waals surface area contributed by atoms with Gasteiger partial charge in [0.15, 0.2) is 16.4 Å². The Morgan fingerprint density at radius 2 is 1.86 bits per heavy atom. The van der Waals surface area contributed by atoms with Gasteiger partial charge in [-0.1, -0.05) is 44.2 Å². The highest BCUT2D eigenvalue weighted by atomic mass is 32.2. The lowest BCUT2D eigenvalue weighted by Crippen LogP contribution is -2.43. The molecule has 0 aromatic heterocycles. The molecule has 0 spiro atoms. The lowest BCUT2D eigenvalue weighted by Gasteiger charge is -2.28. The first-order chi connectivity index (χ1) is 13.7. The van der Waals surface area contributed by atoms with Crippen LogP contribution in [0.15, 0.2) is 48.5 Å². The maximum absolute atomic E-state index is 14.1. The number of ether oxygens (including phenoxy) is 1. The minimum Gasteiger partial charge on any atom is -0.484 e. The molecule has 0 saturated carbocycles. The van der Waals surface area contributed by atoms with Gasteiger partial charge in [-0.25, -0.2) is 12.8 Å². The van der Waals surface area contributed by atoms with Crippen molar-refractivity contribution in [3.63, 3.8) is 0 Å².